The molecule has 1 N–H and O–H groups in total. The first-order chi connectivity index (χ1) is 15.2. The Balaban J connectivity index is 1.53. The predicted molar refractivity (Wildman–Crippen MR) is 132 cm³/mol. The van der Waals surface area contributed by atoms with Crippen LogP contribution in [0.5, 0.6) is 0 Å². The highest BCUT2D eigenvalue weighted by atomic mass is 32.2. The summed E-state index contributed by atoms with van der Waals surface area (Å²) >= 11 is 4.42. The molecule has 1 aliphatic carbocycles. The lowest BCUT2D eigenvalue weighted by atomic mass is 9.97. The van der Waals surface area contributed by atoms with E-state index in [1.54, 1.807) is 22.0 Å². The van der Waals surface area contributed by atoms with Gasteiger partial charge in [0.1, 0.15) is 4.83 Å². The Bertz CT molecular complexity index is 1090. The first-order valence-corrected chi connectivity index (χ1v) is 13.5. The summed E-state index contributed by atoms with van der Waals surface area (Å²) in [4.78, 5) is 32.5. The minimum atomic E-state index is -0.0718. The van der Waals surface area contributed by atoms with Crippen molar-refractivity contribution in [2.75, 3.05) is 5.75 Å². The third-order valence-corrected chi connectivity index (χ3v) is 8.31. The van der Waals surface area contributed by atoms with Gasteiger partial charge in [0, 0.05) is 28.4 Å². The number of hydrogen-bond acceptors (Lipinski definition) is 6. The van der Waals surface area contributed by atoms with Crippen LogP contribution in [-0.2, 0) is 11.3 Å². The number of thioether (sulfide) groups is 1. The molecule has 3 aromatic heterocycles. The Morgan fingerprint density at radius 1 is 1.26 bits per heavy atom. The molecule has 4 rings (SSSR count). The fourth-order valence-corrected chi connectivity index (χ4v) is 6.64. The highest BCUT2D eigenvalue weighted by Crippen LogP contribution is 2.34. The van der Waals surface area contributed by atoms with Crippen LogP contribution >= 0.6 is 34.4 Å². The Morgan fingerprint density at radius 2 is 2.03 bits per heavy atom. The molecular weight excluding hydrogens is 446 g/mol. The van der Waals surface area contributed by atoms with E-state index in [2.05, 4.69) is 11.9 Å². The number of hydrogen-bond donors (Lipinski definition) is 1. The molecule has 0 saturated heterocycles. The fraction of sp³-hybridized carbons (Fsp3) is 0.435. The number of amides is 1. The van der Waals surface area contributed by atoms with Crippen LogP contribution in [0.1, 0.15) is 44.9 Å². The van der Waals surface area contributed by atoms with Crippen LogP contribution in [0.2, 0.25) is 0 Å². The summed E-state index contributed by atoms with van der Waals surface area (Å²) in [6, 6.07) is 4.27. The average molecular weight is 474 g/mol. The summed E-state index contributed by atoms with van der Waals surface area (Å²) in [6.45, 7) is 4.17. The third kappa shape index (κ3) is 5.30. The molecule has 0 atom stereocenters. The van der Waals surface area contributed by atoms with Crippen molar-refractivity contribution in [1.29, 1.82) is 0 Å². The van der Waals surface area contributed by atoms with Crippen molar-refractivity contribution in [3.05, 3.63) is 45.9 Å². The number of allylic oxidation sites excluding steroid dienone is 1. The number of carbonyl (C=O) groups excluding carboxylic acids is 1. The number of fused-ring (bicyclic) bond motifs is 1. The van der Waals surface area contributed by atoms with E-state index in [0.717, 1.165) is 28.1 Å². The minimum Gasteiger partial charge on any atom is -0.353 e. The van der Waals surface area contributed by atoms with Crippen LogP contribution in [0.25, 0.3) is 20.7 Å². The van der Waals surface area contributed by atoms with Crippen molar-refractivity contribution in [3.8, 4) is 10.4 Å². The van der Waals surface area contributed by atoms with Gasteiger partial charge in [0.2, 0.25) is 5.91 Å². The quantitative estimate of drug-likeness (QED) is 0.272. The van der Waals surface area contributed by atoms with E-state index in [1.807, 2.05) is 22.9 Å². The molecule has 3 aromatic rings. The van der Waals surface area contributed by atoms with E-state index in [1.165, 1.54) is 55.2 Å². The van der Waals surface area contributed by atoms with Crippen LogP contribution in [0.4, 0.5) is 0 Å². The van der Waals surface area contributed by atoms with Crippen LogP contribution in [-0.4, -0.2) is 27.3 Å². The summed E-state index contributed by atoms with van der Waals surface area (Å²) in [5.74, 6) is 0.273. The zero-order chi connectivity index (χ0) is 21.6. The first kappa shape index (κ1) is 22.3. The topological polar surface area (TPSA) is 64.0 Å². The van der Waals surface area contributed by atoms with Crippen LogP contribution in [0.15, 0.2) is 45.5 Å². The molecule has 0 bridgehead atoms. The Kier molecular flexibility index (Phi) is 7.63. The van der Waals surface area contributed by atoms with Gasteiger partial charge in [-0.25, -0.2) is 4.98 Å². The van der Waals surface area contributed by atoms with E-state index >= 15 is 0 Å². The molecule has 31 heavy (non-hydrogen) atoms. The summed E-state index contributed by atoms with van der Waals surface area (Å²) in [5.41, 5.74) is 0.862. The molecule has 1 aliphatic rings. The average Bonchev–Trinajstić information content (AvgIpc) is 3.40. The highest BCUT2D eigenvalue weighted by Gasteiger charge is 2.19. The number of nitrogens with zero attached hydrogens (tertiary/aromatic N) is 2. The summed E-state index contributed by atoms with van der Waals surface area (Å²) in [5, 5.41) is 8.42. The zero-order valence-electron chi connectivity index (χ0n) is 17.5. The van der Waals surface area contributed by atoms with Crippen molar-refractivity contribution in [1.82, 2.24) is 14.9 Å². The van der Waals surface area contributed by atoms with Crippen molar-refractivity contribution in [3.63, 3.8) is 0 Å². The summed E-state index contributed by atoms with van der Waals surface area (Å²) < 4.78 is 1.63. The van der Waals surface area contributed by atoms with Gasteiger partial charge in [-0.05, 0) is 24.3 Å². The molecule has 0 aliphatic heterocycles. The molecule has 164 valence electrons. The third-order valence-electron chi connectivity index (χ3n) is 5.56. The fourth-order valence-electron chi connectivity index (χ4n) is 4.02. The van der Waals surface area contributed by atoms with E-state index in [-0.39, 0.29) is 23.3 Å². The van der Waals surface area contributed by atoms with E-state index in [9.17, 15) is 9.59 Å². The van der Waals surface area contributed by atoms with Crippen molar-refractivity contribution >= 4 is 50.6 Å². The lowest BCUT2D eigenvalue weighted by molar-refractivity contribution is -0.119. The first-order valence-electron chi connectivity index (χ1n) is 10.8. The lowest BCUT2D eigenvalue weighted by Crippen LogP contribution is -2.36. The molecule has 0 spiro atoms. The predicted octanol–water partition coefficient (Wildman–Crippen LogP) is 5.69. The molecule has 1 fully saturated rings. The Hall–Kier alpha value is -1.90. The second-order valence-electron chi connectivity index (χ2n) is 7.80. The maximum atomic E-state index is 13.3. The summed E-state index contributed by atoms with van der Waals surface area (Å²) in [6.07, 6.45) is 10.00. The highest BCUT2D eigenvalue weighted by molar-refractivity contribution is 7.99. The van der Waals surface area contributed by atoms with Gasteiger partial charge in [0.05, 0.1) is 11.1 Å². The van der Waals surface area contributed by atoms with Gasteiger partial charge in [0.25, 0.3) is 5.56 Å². The van der Waals surface area contributed by atoms with Crippen molar-refractivity contribution in [2.45, 2.75) is 62.7 Å². The molecule has 5 nitrogen and oxygen atoms in total. The standard InChI is InChI=1S/C23H27N3O2S3/c1-2-12-26-22(28)20-17(18-11-8-13-29-18)14-30-21(20)25-23(26)31-15-19(27)24-16-9-6-4-3-5-7-10-16/h2,8,11,13-14,16H,1,3-7,9-10,12,15H2,(H,24,27). The lowest BCUT2D eigenvalue weighted by Gasteiger charge is -2.21. The molecular formula is C23H27N3O2S3. The molecule has 8 heteroatoms. The van der Waals surface area contributed by atoms with Gasteiger partial charge in [-0.1, -0.05) is 56.0 Å². The monoisotopic (exact) mass is 473 g/mol. The smallest absolute Gasteiger partial charge is 0.263 e. The van der Waals surface area contributed by atoms with Crippen LogP contribution < -0.4 is 10.9 Å². The van der Waals surface area contributed by atoms with Crippen LogP contribution in [0.3, 0.4) is 0 Å². The van der Waals surface area contributed by atoms with Crippen molar-refractivity contribution in [2.24, 2.45) is 0 Å². The Morgan fingerprint density at radius 3 is 2.74 bits per heavy atom. The minimum absolute atomic E-state index is 0.0144. The molecule has 0 unspecified atom stereocenters. The molecule has 0 radical (unpaired) electrons. The van der Waals surface area contributed by atoms with Gasteiger partial charge < -0.3 is 5.32 Å². The maximum Gasteiger partial charge on any atom is 0.263 e. The van der Waals surface area contributed by atoms with E-state index in [0.29, 0.717) is 17.1 Å². The zero-order valence-corrected chi connectivity index (χ0v) is 19.9. The molecule has 1 saturated carbocycles. The van der Waals surface area contributed by atoms with Gasteiger partial charge in [-0.2, -0.15) is 0 Å². The van der Waals surface area contributed by atoms with Gasteiger partial charge in [-0.15, -0.1) is 29.3 Å². The second kappa shape index (κ2) is 10.6. The van der Waals surface area contributed by atoms with E-state index < -0.39 is 0 Å². The Labute approximate surface area is 194 Å². The number of thiophene rings is 2. The van der Waals surface area contributed by atoms with Crippen molar-refractivity contribution < 1.29 is 4.79 Å². The van der Waals surface area contributed by atoms with Gasteiger partial charge in [0.15, 0.2) is 5.16 Å². The van der Waals surface area contributed by atoms with Crippen LogP contribution in [0, 0.1) is 0 Å². The molecule has 3 heterocycles. The van der Waals surface area contributed by atoms with Gasteiger partial charge >= 0.3 is 0 Å². The second-order valence-corrected chi connectivity index (χ2v) is 10.6. The van der Waals surface area contributed by atoms with Gasteiger partial charge in [-0.3, -0.25) is 14.2 Å². The number of nitrogens with one attached hydrogen (secondary N) is 1. The largest absolute Gasteiger partial charge is 0.353 e. The normalized spacial score (nSPS) is 15.5. The number of rotatable bonds is 7. The van der Waals surface area contributed by atoms with E-state index in [4.69, 9.17) is 4.98 Å². The SMILES string of the molecule is C=CCn1c(SCC(=O)NC2CCCCCCC2)nc2scc(-c3cccs3)c2c1=O. The molecule has 1 amide bonds. The number of carbonyl (C=O) groups is 1. The number of aromatic nitrogens is 2. The maximum absolute atomic E-state index is 13.3. The molecule has 0 aromatic carbocycles. The summed E-state index contributed by atoms with van der Waals surface area (Å²) in [7, 11) is 0.